The topological polar surface area (TPSA) is 88.0 Å². The second kappa shape index (κ2) is 8.63. The van der Waals surface area contributed by atoms with Crippen molar-refractivity contribution in [2.45, 2.75) is 40.0 Å². The van der Waals surface area contributed by atoms with Crippen molar-refractivity contribution < 1.29 is 18.4 Å². The summed E-state index contributed by atoms with van der Waals surface area (Å²) in [6.07, 6.45) is 3.74. The Morgan fingerprint density at radius 1 is 1.13 bits per heavy atom. The third-order valence-electron chi connectivity index (χ3n) is 5.55. The Bertz CT molecular complexity index is 1140. The van der Waals surface area contributed by atoms with Gasteiger partial charge in [0.2, 0.25) is 0 Å². The highest BCUT2D eigenvalue weighted by atomic mass is 16.4. The molecule has 1 aliphatic carbocycles. The average molecular weight is 419 g/mol. The summed E-state index contributed by atoms with van der Waals surface area (Å²) in [5.41, 5.74) is 6.17. The average Bonchev–Trinajstić information content (AvgIpc) is 3.36. The lowest BCUT2D eigenvalue weighted by molar-refractivity contribution is 0.0948. The third-order valence-corrected chi connectivity index (χ3v) is 5.55. The first kappa shape index (κ1) is 20.7. The summed E-state index contributed by atoms with van der Waals surface area (Å²) in [6, 6.07) is 11.1. The zero-order valence-electron chi connectivity index (χ0n) is 17.9. The van der Waals surface area contributed by atoms with E-state index in [-0.39, 0.29) is 11.8 Å². The number of rotatable bonds is 5. The molecule has 1 aliphatic rings. The Kier molecular flexibility index (Phi) is 5.75. The maximum absolute atomic E-state index is 13.3. The molecule has 160 valence electrons. The van der Waals surface area contributed by atoms with Gasteiger partial charge < -0.3 is 13.7 Å². The van der Waals surface area contributed by atoms with Crippen LogP contribution in [0.3, 0.4) is 0 Å². The van der Waals surface area contributed by atoms with Crippen molar-refractivity contribution in [2.75, 3.05) is 11.4 Å². The summed E-state index contributed by atoms with van der Waals surface area (Å²) < 4.78 is 11.2. The van der Waals surface area contributed by atoms with E-state index in [9.17, 15) is 9.59 Å². The highest BCUT2D eigenvalue weighted by Gasteiger charge is 2.30. The molecule has 2 amide bonds. The van der Waals surface area contributed by atoms with Gasteiger partial charge in [0.05, 0.1) is 17.5 Å². The molecule has 0 spiro atoms. The van der Waals surface area contributed by atoms with Crippen LogP contribution in [0.2, 0.25) is 0 Å². The van der Waals surface area contributed by atoms with Crippen LogP contribution in [0.25, 0.3) is 0 Å². The van der Waals surface area contributed by atoms with Crippen LogP contribution in [-0.4, -0.2) is 24.1 Å². The summed E-state index contributed by atoms with van der Waals surface area (Å²) in [4.78, 5) is 27.4. The maximum Gasteiger partial charge on any atom is 0.294 e. The standard InChI is InChI=1S/C24H25N3O4/c1-4-27(17-9-6-5-7-10-17)24(29)22-15(2)21-19(11-8-12-20(21)31-22)25-26-23(28)18-13-14-30-16(18)3/h5-7,9-10,13-14H,4,8,11-12H2,1-3H3,(H,26,28)/b25-19+. The molecule has 3 aromatic rings. The zero-order valence-corrected chi connectivity index (χ0v) is 17.9. The molecule has 0 saturated carbocycles. The van der Waals surface area contributed by atoms with E-state index in [0.29, 0.717) is 30.0 Å². The minimum absolute atomic E-state index is 0.182. The van der Waals surface area contributed by atoms with Gasteiger partial charge in [-0.3, -0.25) is 9.59 Å². The first-order valence-electron chi connectivity index (χ1n) is 10.4. The fraction of sp³-hybridized carbons (Fsp3) is 0.292. The third kappa shape index (κ3) is 3.91. The van der Waals surface area contributed by atoms with E-state index in [1.54, 1.807) is 17.9 Å². The molecule has 0 saturated heterocycles. The van der Waals surface area contributed by atoms with Gasteiger partial charge in [-0.2, -0.15) is 5.10 Å². The maximum atomic E-state index is 13.3. The molecule has 0 fully saturated rings. The number of nitrogens with one attached hydrogen (secondary N) is 1. The quantitative estimate of drug-likeness (QED) is 0.611. The van der Waals surface area contributed by atoms with E-state index in [0.717, 1.165) is 41.1 Å². The van der Waals surface area contributed by atoms with Crippen LogP contribution in [0, 0.1) is 13.8 Å². The van der Waals surface area contributed by atoms with Gasteiger partial charge in [0.1, 0.15) is 11.5 Å². The molecule has 4 rings (SSSR count). The minimum atomic E-state index is -0.329. The van der Waals surface area contributed by atoms with Gasteiger partial charge >= 0.3 is 0 Å². The molecule has 7 heteroatoms. The molecule has 0 atom stereocenters. The van der Waals surface area contributed by atoms with E-state index in [1.165, 1.54) is 6.26 Å². The molecular formula is C24H25N3O4. The first-order chi connectivity index (χ1) is 15.0. The monoisotopic (exact) mass is 419 g/mol. The van der Waals surface area contributed by atoms with Gasteiger partial charge in [0.25, 0.3) is 11.8 Å². The fourth-order valence-corrected chi connectivity index (χ4v) is 3.96. The summed E-state index contributed by atoms with van der Waals surface area (Å²) in [6.45, 7) is 6.06. The molecule has 7 nitrogen and oxygen atoms in total. The fourth-order valence-electron chi connectivity index (χ4n) is 3.96. The number of carbonyl (C=O) groups is 2. The molecule has 31 heavy (non-hydrogen) atoms. The molecule has 0 unspecified atom stereocenters. The van der Waals surface area contributed by atoms with Gasteiger partial charge in [-0.1, -0.05) is 18.2 Å². The number of amides is 2. The predicted molar refractivity (Wildman–Crippen MR) is 118 cm³/mol. The summed E-state index contributed by atoms with van der Waals surface area (Å²) in [5.74, 6) is 1.09. The molecule has 0 radical (unpaired) electrons. The number of carbonyl (C=O) groups excluding carboxylic acids is 2. The number of aryl methyl sites for hydroxylation is 2. The van der Waals surface area contributed by atoms with E-state index in [4.69, 9.17) is 8.83 Å². The van der Waals surface area contributed by atoms with E-state index in [1.807, 2.05) is 44.2 Å². The van der Waals surface area contributed by atoms with Crippen LogP contribution >= 0.6 is 0 Å². The second-order valence-corrected chi connectivity index (χ2v) is 7.48. The molecule has 1 N–H and O–H groups in total. The minimum Gasteiger partial charge on any atom is -0.469 e. The SMILES string of the molecule is CCN(C(=O)c1oc2c(c1C)/C(=N/NC(=O)c1ccoc1C)CCC2)c1ccccc1. The predicted octanol–water partition coefficient (Wildman–Crippen LogP) is 4.63. The number of anilines is 1. The largest absolute Gasteiger partial charge is 0.469 e. The highest BCUT2D eigenvalue weighted by molar-refractivity contribution is 6.10. The van der Waals surface area contributed by atoms with Gasteiger partial charge in [0.15, 0.2) is 5.76 Å². The van der Waals surface area contributed by atoms with Crippen LogP contribution in [0.5, 0.6) is 0 Å². The van der Waals surface area contributed by atoms with Crippen molar-refractivity contribution >= 4 is 23.2 Å². The smallest absolute Gasteiger partial charge is 0.294 e. The zero-order chi connectivity index (χ0) is 22.0. The Hall–Kier alpha value is -3.61. The van der Waals surface area contributed by atoms with Crippen LogP contribution in [0.1, 0.15) is 63.3 Å². The number of para-hydroxylation sites is 1. The lowest BCUT2D eigenvalue weighted by Crippen LogP contribution is -2.30. The van der Waals surface area contributed by atoms with Crippen LogP contribution in [-0.2, 0) is 6.42 Å². The van der Waals surface area contributed by atoms with Crippen LogP contribution < -0.4 is 10.3 Å². The second-order valence-electron chi connectivity index (χ2n) is 7.48. The Balaban J connectivity index is 1.63. The number of benzene rings is 1. The number of hydrazone groups is 1. The summed E-state index contributed by atoms with van der Waals surface area (Å²) in [7, 11) is 0. The van der Waals surface area contributed by atoms with Crippen molar-refractivity contribution in [1.29, 1.82) is 0 Å². The van der Waals surface area contributed by atoms with E-state index >= 15 is 0 Å². The van der Waals surface area contributed by atoms with Crippen molar-refractivity contribution in [1.82, 2.24) is 5.43 Å². The van der Waals surface area contributed by atoms with Crippen molar-refractivity contribution in [3.05, 3.63) is 76.6 Å². The van der Waals surface area contributed by atoms with Gasteiger partial charge in [0, 0.05) is 29.8 Å². The van der Waals surface area contributed by atoms with Crippen molar-refractivity contribution in [3.63, 3.8) is 0 Å². The number of hydrogen-bond donors (Lipinski definition) is 1. The van der Waals surface area contributed by atoms with E-state index < -0.39 is 0 Å². The molecule has 2 heterocycles. The Morgan fingerprint density at radius 2 is 1.90 bits per heavy atom. The normalized spacial score (nSPS) is 14.4. The Morgan fingerprint density at radius 3 is 2.58 bits per heavy atom. The van der Waals surface area contributed by atoms with Gasteiger partial charge in [-0.15, -0.1) is 0 Å². The van der Waals surface area contributed by atoms with Crippen LogP contribution in [0.4, 0.5) is 5.69 Å². The molecular weight excluding hydrogens is 394 g/mol. The number of hydrogen-bond acceptors (Lipinski definition) is 5. The number of furan rings is 2. The lowest BCUT2D eigenvalue weighted by atomic mass is 9.93. The van der Waals surface area contributed by atoms with Crippen molar-refractivity contribution in [2.24, 2.45) is 5.10 Å². The lowest BCUT2D eigenvalue weighted by Gasteiger charge is -2.20. The van der Waals surface area contributed by atoms with Crippen molar-refractivity contribution in [3.8, 4) is 0 Å². The summed E-state index contributed by atoms with van der Waals surface area (Å²) >= 11 is 0. The first-order valence-corrected chi connectivity index (χ1v) is 10.4. The highest BCUT2D eigenvalue weighted by Crippen LogP contribution is 2.31. The van der Waals surface area contributed by atoms with Crippen LogP contribution in [0.15, 0.2) is 56.6 Å². The molecule has 0 aliphatic heterocycles. The number of nitrogens with zero attached hydrogens (tertiary/aromatic N) is 2. The van der Waals surface area contributed by atoms with Gasteiger partial charge in [-0.05, 0) is 51.8 Å². The number of fused-ring (bicyclic) bond motifs is 1. The Labute approximate surface area is 180 Å². The van der Waals surface area contributed by atoms with Gasteiger partial charge in [-0.25, -0.2) is 5.43 Å². The molecule has 2 aromatic heterocycles. The summed E-state index contributed by atoms with van der Waals surface area (Å²) in [5, 5.41) is 4.37. The molecule has 1 aromatic carbocycles. The molecule has 0 bridgehead atoms. The van der Waals surface area contributed by atoms with E-state index in [2.05, 4.69) is 10.5 Å².